The number of nitrogens with one attached hydrogen (secondary N) is 1. The Hall–Kier alpha value is -2.66. The summed E-state index contributed by atoms with van der Waals surface area (Å²) < 4.78 is 4.79. The molecule has 1 fully saturated rings. The first kappa shape index (κ1) is 17.2. The maximum atomic E-state index is 12.9. The zero-order valence-corrected chi connectivity index (χ0v) is 14.3. The zero-order valence-electron chi connectivity index (χ0n) is 14.3. The third kappa shape index (κ3) is 4.06. The zero-order chi connectivity index (χ0) is 17.6. The Morgan fingerprint density at radius 1 is 1.12 bits per heavy atom. The van der Waals surface area contributed by atoms with Crippen molar-refractivity contribution >= 4 is 17.5 Å². The molecule has 1 aliphatic rings. The van der Waals surface area contributed by atoms with Gasteiger partial charge in [0.2, 0.25) is 5.91 Å². The van der Waals surface area contributed by atoms with E-state index in [9.17, 15) is 9.59 Å². The summed E-state index contributed by atoms with van der Waals surface area (Å²) in [5.41, 5.74) is 2.46. The maximum absolute atomic E-state index is 12.9. The quantitative estimate of drug-likeness (QED) is 0.910. The van der Waals surface area contributed by atoms with Crippen LogP contribution in [0.2, 0.25) is 0 Å². The number of carbonyl (C=O) groups is 2. The van der Waals surface area contributed by atoms with Crippen LogP contribution in [0.25, 0.3) is 0 Å². The van der Waals surface area contributed by atoms with Gasteiger partial charge in [0, 0.05) is 24.9 Å². The van der Waals surface area contributed by atoms with Gasteiger partial charge in [0.15, 0.2) is 0 Å². The Kier molecular flexibility index (Phi) is 5.46. The molecule has 0 radical (unpaired) electrons. The second-order valence-electron chi connectivity index (χ2n) is 6.13. The van der Waals surface area contributed by atoms with Crippen LogP contribution >= 0.6 is 0 Å². The molecule has 3 rings (SSSR count). The van der Waals surface area contributed by atoms with Gasteiger partial charge in [-0.3, -0.25) is 9.59 Å². The molecule has 0 unspecified atom stereocenters. The minimum atomic E-state index is -0.217. The molecule has 25 heavy (non-hydrogen) atoms. The van der Waals surface area contributed by atoms with Crippen LogP contribution in [-0.4, -0.2) is 37.0 Å². The van der Waals surface area contributed by atoms with E-state index in [2.05, 4.69) is 17.4 Å². The van der Waals surface area contributed by atoms with E-state index >= 15 is 0 Å². The highest BCUT2D eigenvalue weighted by molar-refractivity contribution is 5.96. The monoisotopic (exact) mass is 338 g/mol. The Morgan fingerprint density at radius 3 is 2.52 bits per heavy atom. The largest absolute Gasteiger partial charge is 0.375 e. The van der Waals surface area contributed by atoms with Crippen molar-refractivity contribution in [3.8, 4) is 0 Å². The molecule has 1 atom stereocenters. The lowest BCUT2D eigenvalue weighted by Gasteiger charge is -2.25. The molecule has 2 amide bonds. The van der Waals surface area contributed by atoms with Crippen LogP contribution in [0.3, 0.4) is 0 Å². The van der Waals surface area contributed by atoms with Crippen LogP contribution in [0, 0.1) is 0 Å². The van der Waals surface area contributed by atoms with E-state index in [1.54, 1.807) is 24.3 Å². The van der Waals surface area contributed by atoms with Crippen molar-refractivity contribution in [2.24, 2.45) is 0 Å². The molecule has 130 valence electrons. The average Bonchev–Trinajstić information content (AvgIpc) is 3.12. The Bertz CT molecular complexity index is 728. The molecule has 2 aromatic carbocycles. The molecule has 2 aromatic rings. The summed E-state index contributed by atoms with van der Waals surface area (Å²) in [6.07, 6.45) is 2.00. The summed E-state index contributed by atoms with van der Waals surface area (Å²) in [5, 5.41) is 2.72. The highest BCUT2D eigenvalue weighted by Gasteiger charge is 2.30. The SMILES string of the molecule is COCC(=O)Nc1ccc(C(=O)N2CCC[C@H]2c2ccccc2)cc1. The van der Waals surface area contributed by atoms with Crippen LogP contribution in [0.1, 0.15) is 34.8 Å². The number of ether oxygens (including phenoxy) is 1. The number of anilines is 1. The first-order chi connectivity index (χ1) is 12.2. The fraction of sp³-hybridized carbons (Fsp3) is 0.300. The van der Waals surface area contributed by atoms with Crippen LogP contribution in [-0.2, 0) is 9.53 Å². The van der Waals surface area contributed by atoms with Gasteiger partial charge >= 0.3 is 0 Å². The molecule has 0 spiro atoms. The minimum Gasteiger partial charge on any atom is -0.375 e. The van der Waals surface area contributed by atoms with Crippen molar-refractivity contribution < 1.29 is 14.3 Å². The van der Waals surface area contributed by atoms with Gasteiger partial charge in [-0.05, 0) is 42.7 Å². The molecular weight excluding hydrogens is 316 g/mol. The smallest absolute Gasteiger partial charge is 0.254 e. The standard InChI is InChI=1S/C20H22N2O3/c1-25-14-19(23)21-17-11-9-16(10-12-17)20(24)22-13-5-8-18(22)15-6-3-2-4-7-15/h2-4,6-7,9-12,18H,5,8,13-14H2,1H3,(H,21,23)/t18-/m0/s1. The lowest BCUT2D eigenvalue weighted by atomic mass is 10.0. The van der Waals surface area contributed by atoms with Crippen molar-refractivity contribution in [1.29, 1.82) is 0 Å². The lowest BCUT2D eigenvalue weighted by molar-refractivity contribution is -0.119. The molecule has 1 aliphatic heterocycles. The van der Waals surface area contributed by atoms with E-state index in [0.717, 1.165) is 19.4 Å². The number of rotatable bonds is 5. The first-order valence-corrected chi connectivity index (χ1v) is 8.44. The Morgan fingerprint density at radius 2 is 1.84 bits per heavy atom. The number of amides is 2. The summed E-state index contributed by atoms with van der Waals surface area (Å²) in [4.78, 5) is 26.4. The van der Waals surface area contributed by atoms with E-state index in [4.69, 9.17) is 4.74 Å². The third-order valence-corrected chi connectivity index (χ3v) is 4.39. The fourth-order valence-electron chi connectivity index (χ4n) is 3.22. The average molecular weight is 338 g/mol. The molecule has 0 saturated carbocycles. The van der Waals surface area contributed by atoms with Crippen molar-refractivity contribution in [2.45, 2.75) is 18.9 Å². The summed E-state index contributed by atoms with van der Waals surface area (Å²) in [5.74, 6) is -0.189. The van der Waals surface area contributed by atoms with E-state index in [1.807, 2.05) is 23.1 Å². The summed E-state index contributed by atoms with van der Waals surface area (Å²) >= 11 is 0. The molecule has 0 aliphatic carbocycles. The van der Waals surface area contributed by atoms with Crippen LogP contribution in [0.5, 0.6) is 0 Å². The highest BCUT2D eigenvalue weighted by atomic mass is 16.5. The normalized spacial score (nSPS) is 16.7. The molecular formula is C20H22N2O3. The predicted octanol–water partition coefficient (Wildman–Crippen LogP) is 3.25. The number of hydrogen-bond acceptors (Lipinski definition) is 3. The van der Waals surface area contributed by atoms with E-state index in [1.165, 1.54) is 12.7 Å². The second-order valence-corrected chi connectivity index (χ2v) is 6.13. The van der Waals surface area contributed by atoms with Crippen LogP contribution in [0.15, 0.2) is 54.6 Å². The van der Waals surface area contributed by atoms with Gasteiger partial charge in [0.25, 0.3) is 5.91 Å². The summed E-state index contributed by atoms with van der Waals surface area (Å²) in [7, 11) is 1.47. The lowest BCUT2D eigenvalue weighted by Crippen LogP contribution is -2.30. The van der Waals surface area contributed by atoms with Gasteiger partial charge in [-0.15, -0.1) is 0 Å². The number of methoxy groups -OCH3 is 1. The Labute approximate surface area is 147 Å². The van der Waals surface area contributed by atoms with E-state index in [-0.39, 0.29) is 24.5 Å². The van der Waals surface area contributed by atoms with Crippen LogP contribution in [0.4, 0.5) is 5.69 Å². The van der Waals surface area contributed by atoms with Gasteiger partial charge < -0.3 is 15.0 Å². The topological polar surface area (TPSA) is 58.6 Å². The van der Waals surface area contributed by atoms with Crippen molar-refractivity contribution in [1.82, 2.24) is 4.90 Å². The summed E-state index contributed by atoms with van der Waals surface area (Å²) in [6, 6.07) is 17.3. The maximum Gasteiger partial charge on any atom is 0.254 e. The molecule has 5 heteroatoms. The number of likely N-dealkylation sites (tertiary alicyclic amines) is 1. The molecule has 0 aromatic heterocycles. The molecule has 5 nitrogen and oxygen atoms in total. The van der Waals surface area contributed by atoms with E-state index in [0.29, 0.717) is 11.3 Å². The molecule has 0 bridgehead atoms. The number of hydrogen-bond donors (Lipinski definition) is 1. The van der Waals surface area contributed by atoms with Gasteiger partial charge in [-0.2, -0.15) is 0 Å². The van der Waals surface area contributed by atoms with E-state index < -0.39 is 0 Å². The van der Waals surface area contributed by atoms with Gasteiger partial charge in [-0.1, -0.05) is 30.3 Å². The number of carbonyl (C=O) groups excluding carboxylic acids is 2. The predicted molar refractivity (Wildman–Crippen MR) is 96.4 cm³/mol. The molecule has 1 N–H and O–H groups in total. The number of benzene rings is 2. The number of nitrogens with zero attached hydrogens (tertiary/aromatic N) is 1. The van der Waals surface area contributed by atoms with Gasteiger partial charge in [0.05, 0.1) is 6.04 Å². The van der Waals surface area contributed by atoms with Crippen molar-refractivity contribution in [3.63, 3.8) is 0 Å². The van der Waals surface area contributed by atoms with Crippen molar-refractivity contribution in [3.05, 3.63) is 65.7 Å². The molecule has 1 saturated heterocycles. The first-order valence-electron chi connectivity index (χ1n) is 8.44. The van der Waals surface area contributed by atoms with Gasteiger partial charge in [0.1, 0.15) is 6.61 Å². The third-order valence-electron chi connectivity index (χ3n) is 4.39. The fourth-order valence-corrected chi connectivity index (χ4v) is 3.22. The van der Waals surface area contributed by atoms with Crippen LogP contribution < -0.4 is 5.32 Å². The Balaban J connectivity index is 1.71. The second kappa shape index (κ2) is 7.94. The molecule has 1 heterocycles. The highest BCUT2D eigenvalue weighted by Crippen LogP contribution is 2.33. The van der Waals surface area contributed by atoms with Gasteiger partial charge in [-0.25, -0.2) is 0 Å². The summed E-state index contributed by atoms with van der Waals surface area (Å²) in [6.45, 7) is 0.776. The minimum absolute atomic E-state index is 0.00716. The van der Waals surface area contributed by atoms with Crippen molar-refractivity contribution in [2.75, 3.05) is 25.6 Å².